The SMILES string of the molecule is C1=NCN=C1.CC.CC. The third kappa shape index (κ3) is 11.1. The summed E-state index contributed by atoms with van der Waals surface area (Å²) in [6.45, 7) is 8.64. The van der Waals surface area contributed by atoms with Gasteiger partial charge in [-0.15, -0.1) is 0 Å². The highest BCUT2D eigenvalue weighted by Crippen LogP contribution is 1.72. The van der Waals surface area contributed by atoms with Gasteiger partial charge in [0.1, 0.15) is 6.67 Å². The highest BCUT2D eigenvalue weighted by Gasteiger charge is 1.72. The molecule has 9 heavy (non-hydrogen) atoms. The van der Waals surface area contributed by atoms with E-state index in [1.807, 2.05) is 27.7 Å². The van der Waals surface area contributed by atoms with Gasteiger partial charge in [0.15, 0.2) is 0 Å². The highest BCUT2D eigenvalue weighted by molar-refractivity contribution is 6.17. The number of aliphatic imine (C=N–C) groups is 2. The fraction of sp³-hybridized carbons (Fsp3) is 0.714. The monoisotopic (exact) mass is 128 g/mol. The average molecular weight is 128 g/mol. The summed E-state index contributed by atoms with van der Waals surface area (Å²) in [5.74, 6) is 0. The number of hydrogen-bond donors (Lipinski definition) is 0. The molecule has 0 unspecified atom stereocenters. The van der Waals surface area contributed by atoms with Gasteiger partial charge in [0.2, 0.25) is 0 Å². The first kappa shape index (κ1) is 11.2. The van der Waals surface area contributed by atoms with Gasteiger partial charge >= 0.3 is 0 Å². The van der Waals surface area contributed by atoms with Crippen molar-refractivity contribution in [1.82, 2.24) is 0 Å². The first-order chi connectivity index (χ1) is 4.50. The van der Waals surface area contributed by atoms with Crippen molar-refractivity contribution in [2.45, 2.75) is 27.7 Å². The Labute approximate surface area is 57.7 Å². The van der Waals surface area contributed by atoms with Crippen LogP contribution in [-0.2, 0) is 0 Å². The molecular weight excluding hydrogens is 112 g/mol. The van der Waals surface area contributed by atoms with E-state index in [-0.39, 0.29) is 0 Å². The molecule has 0 N–H and O–H groups in total. The van der Waals surface area contributed by atoms with Crippen molar-refractivity contribution in [2.75, 3.05) is 6.67 Å². The minimum absolute atomic E-state index is 0.639. The van der Waals surface area contributed by atoms with Crippen LogP contribution in [-0.4, -0.2) is 19.1 Å². The van der Waals surface area contributed by atoms with E-state index in [9.17, 15) is 0 Å². The molecule has 0 saturated heterocycles. The Kier molecular flexibility index (Phi) is 19.5. The lowest BCUT2D eigenvalue weighted by Crippen LogP contribution is -1.56. The van der Waals surface area contributed by atoms with E-state index in [4.69, 9.17) is 0 Å². The van der Waals surface area contributed by atoms with E-state index in [2.05, 4.69) is 9.98 Å². The molecule has 0 atom stereocenters. The van der Waals surface area contributed by atoms with Crippen molar-refractivity contribution in [3.63, 3.8) is 0 Å². The van der Waals surface area contributed by atoms with Crippen LogP contribution in [0.25, 0.3) is 0 Å². The van der Waals surface area contributed by atoms with Crippen molar-refractivity contribution in [2.24, 2.45) is 9.98 Å². The fourth-order valence-corrected chi connectivity index (χ4v) is 0.236. The van der Waals surface area contributed by atoms with Gasteiger partial charge in [-0.1, -0.05) is 27.7 Å². The molecule has 0 aromatic rings. The summed E-state index contributed by atoms with van der Waals surface area (Å²) >= 11 is 0. The summed E-state index contributed by atoms with van der Waals surface area (Å²) in [6.07, 6.45) is 3.39. The van der Waals surface area contributed by atoms with Crippen LogP contribution >= 0.6 is 0 Å². The molecule has 0 aromatic heterocycles. The Bertz CT molecular complexity index is 65.0. The zero-order chi connectivity index (χ0) is 7.54. The summed E-state index contributed by atoms with van der Waals surface area (Å²) in [6, 6.07) is 0. The van der Waals surface area contributed by atoms with Gasteiger partial charge in [0.05, 0.1) is 0 Å². The zero-order valence-corrected chi connectivity index (χ0v) is 6.76. The summed E-state index contributed by atoms with van der Waals surface area (Å²) in [4.78, 5) is 7.47. The second-order valence-corrected chi connectivity index (χ2v) is 0.805. The molecule has 0 saturated carbocycles. The average Bonchev–Trinajstić information content (AvgIpc) is 2.51. The molecule has 0 spiro atoms. The number of hydrogen-bond acceptors (Lipinski definition) is 2. The molecule has 1 aliphatic rings. The standard InChI is InChI=1S/C3H4N2.2C2H6/c1-2-5-3-4-1;2*1-2/h1-2H,3H2;2*1-2H3. The molecule has 1 aliphatic heterocycles. The van der Waals surface area contributed by atoms with Crippen LogP contribution in [0.3, 0.4) is 0 Å². The van der Waals surface area contributed by atoms with Crippen molar-refractivity contribution < 1.29 is 0 Å². The summed E-state index contributed by atoms with van der Waals surface area (Å²) in [5, 5.41) is 0. The van der Waals surface area contributed by atoms with Gasteiger partial charge in [-0.25, -0.2) is 0 Å². The third-order valence-electron chi connectivity index (χ3n) is 0.441. The molecule has 2 heteroatoms. The van der Waals surface area contributed by atoms with Gasteiger partial charge < -0.3 is 0 Å². The Morgan fingerprint density at radius 2 is 1.22 bits per heavy atom. The van der Waals surface area contributed by atoms with Crippen LogP contribution in [0.5, 0.6) is 0 Å². The maximum absolute atomic E-state index is 3.74. The molecule has 0 fully saturated rings. The smallest absolute Gasteiger partial charge is 0.129 e. The Morgan fingerprint density at radius 3 is 1.33 bits per heavy atom. The molecule has 1 rings (SSSR count). The molecule has 0 amide bonds. The van der Waals surface area contributed by atoms with Crippen molar-refractivity contribution in [3.05, 3.63) is 0 Å². The summed E-state index contributed by atoms with van der Waals surface area (Å²) < 4.78 is 0. The molecule has 54 valence electrons. The first-order valence-electron chi connectivity index (χ1n) is 3.48. The van der Waals surface area contributed by atoms with Crippen molar-refractivity contribution in [3.8, 4) is 0 Å². The minimum Gasteiger partial charge on any atom is -0.268 e. The largest absolute Gasteiger partial charge is 0.268 e. The van der Waals surface area contributed by atoms with Gasteiger partial charge in [0.25, 0.3) is 0 Å². The molecule has 0 aromatic carbocycles. The highest BCUT2D eigenvalue weighted by atomic mass is 14.9. The predicted octanol–water partition coefficient (Wildman–Crippen LogP) is 2.15. The zero-order valence-electron chi connectivity index (χ0n) is 6.76. The quantitative estimate of drug-likeness (QED) is 0.477. The van der Waals surface area contributed by atoms with Crippen molar-refractivity contribution >= 4 is 12.4 Å². The van der Waals surface area contributed by atoms with Crippen LogP contribution in [0.2, 0.25) is 0 Å². The van der Waals surface area contributed by atoms with Gasteiger partial charge in [0, 0.05) is 12.4 Å². The summed E-state index contributed by atoms with van der Waals surface area (Å²) in [5.41, 5.74) is 0. The van der Waals surface area contributed by atoms with Gasteiger partial charge in [-0.3, -0.25) is 9.98 Å². The first-order valence-corrected chi connectivity index (χ1v) is 3.48. The molecule has 1 heterocycles. The number of nitrogens with zero attached hydrogens (tertiary/aromatic N) is 2. The predicted molar refractivity (Wildman–Crippen MR) is 44.5 cm³/mol. The number of rotatable bonds is 0. The second kappa shape index (κ2) is 15.7. The van der Waals surface area contributed by atoms with E-state index < -0.39 is 0 Å². The lowest BCUT2D eigenvalue weighted by molar-refractivity contribution is 1.11. The summed E-state index contributed by atoms with van der Waals surface area (Å²) in [7, 11) is 0. The van der Waals surface area contributed by atoms with E-state index in [1.165, 1.54) is 0 Å². The van der Waals surface area contributed by atoms with Gasteiger partial charge in [-0.05, 0) is 0 Å². The second-order valence-electron chi connectivity index (χ2n) is 0.805. The molecule has 2 nitrogen and oxygen atoms in total. The van der Waals surface area contributed by atoms with E-state index in [0.29, 0.717) is 6.67 Å². The normalized spacial score (nSPS) is 11.1. The van der Waals surface area contributed by atoms with Crippen LogP contribution in [0, 0.1) is 0 Å². The van der Waals surface area contributed by atoms with E-state index in [1.54, 1.807) is 12.4 Å². The molecular formula is C7H16N2. The molecule has 0 aliphatic carbocycles. The Morgan fingerprint density at radius 1 is 0.889 bits per heavy atom. The topological polar surface area (TPSA) is 24.7 Å². The molecule has 0 bridgehead atoms. The maximum Gasteiger partial charge on any atom is 0.129 e. The lowest BCUT2D eigenvalue weighted by atomic mass is 10.9. The lowest BCUT2D eigenvalue weighted by Gasteiger charge is -1.61. The van der Waals surface area contributed by atoms with E-state index >= 15 is 0 Å². The van der Waals surface area contributed by atoms with Gasteiger partial charge in [-0.2, -0.15) is 0 Å². The molecule has 0 radical (unpaired) electrons. The Balaban J connectivity index is 0. The van der Waals surface area contributed by atoms with Crippen LogP contribution in [0.15, 0.2) is 9.98 Å². The fourth-order valence-electron chi connectivity index (χ4n) is 0.236. The maximum atomic E-state index is 3.74. The third-order valence-corrected chi connectivity index (χ3v) is 0.441. The van der Waals surface area contributed by atoms with Crippen LogP contribution in [0.1, 0.15) is 27.7 Å². The van der Waals surface area contributed by atoms with Crippen molar-refractivity contribution in [1.29, 1.82) is 0 Å². The Hall–Kier alpha value is -0.660. The minimum atomic E-state index is 0.639. The van der Waals surface area contributed by atoms with E-state index in [0.717, 1.165) is 0 Å². The van der Waals surface area contributed by atoms with Crippen LogP contribution < -0.4 is 0 Å². The van der Waals surface area contributed by atoms with Crippen LogP contribution in [0.4, 0.5) is 0 Å².